The van der Waals surface area contributed by atoms with E-state index in [4.69, 9.17) is 10.5 Å². The van der Waals surface area contributed by atoms with Gasteiger partial charge in [-0.3, -0.25) is 0 Å². The number of ether oxygens (including phenoxy) is 1. The van der Waals surface area contributed by atoms with Crippen molar-refractivity contribution in [2.45, 2.75) is 51.2 Å². The summed E-state index contributed by atoms with van der Waals surface area (Å²) in [6.45, 7) is 2.00. The highest BCUT2D eigenvalue weighted by Gasteiger charge is 2.17. The van der Waals surface area contributed by atoms with Gasteiger partial charge >= 0.3 is 0 Å². The highest BCUT2D eigenvalue weighted by Crippen LogP contribution is 2.30. The highest BCUT2D eigenvalue weighted by molar-refractivity contribution is 9.10. The van der Waals surface area contributed by atoms with E-state index in [0.29, 0.717) is 6.10 Å². The Morgan fingerprint density at radius 3 is 2.65 bits per heavy atom. The van der Waals surface area contributed by atoms with Gasteiger partial charge in [0.25, 0.3) is 0 Å². The fourth-order valence-electron chi connectivity index (χ4n) is 2.35. The molecule has 2 nitrogen and oxygen atoms in total. The van der Waals surface area contributed by atoms with Gasteiger partial charge in [0.05, 0.1) is 6.10 Å². The van der Waals surface area contributed by atoms with Crippen molar-refractivity contribution in [1.82, 2.24) is 0 Å². The first-order valence-electron chi connectivity index (χ1n) is 6.38. The Labute approximate surface area is 112 Å². The summed E-state index contributed by atoms with van der Waals surface area (Å²) >= 11 is 3.48. The first kappa shape index (κ1) is 12.9. The number of halogens is 1. The van der Waals surface area contributed by atoms with Gasteiger partial charge in [0, 0.05) is 16.1 Å². The SMILES string of the molecule is CC(N)c1cc(Br)ccc1OC1CCCCC1. The minimum Gasteiger partial charge on any atom is -0.490 e. The van der Waals surface area contributed by atoms with Crippen LogP contribution in [0.4, 0.5) is 0 Å². The van der Waals surface area contributed by atoms with Gasteiger partial charge in [-0.05, 0) is 50.8 Å². The maximum atomic E-state index is 6.10. The van der Waals surface area contributed by atoms with Crippen molar-refractivity contribution >= 4 is 15.9 Å². The van der Waals surface area contributed by atoms with E-state index in [1.54, 1.807) is 0 Å². The molecule has 1 unspecified atom stereocenters. The van der Waals surface area contributed by atoms with Crippen LogP contribution < -0.4 is 10.5 Å². The van der Waals surface area contributed by atoms with Crippen molar-refractivity contribution in [3.05, 3.63) is 28.2 Å². The molecular formula is C14H20BrNO. The van der Waals surface area contributed by atoms with Crippen LogP contribution in [0.25, 0.3) is 0 Å². The third-order valence-electron chi connectivity index (χ3n) is 3.31. The molecule has 3 heteroatoms. The maximum absolute atomic E-state index is 6.10. The number of nitrogens with two attached hydrogens (primary N) is 1. The van der Waals surface area contributed by atoms with Gasteiger partial charge in [-0.1, -0.05) is 22.4 Å². The molecule has 0 amide bonds. The molecule has 2 N–H and O–H groups in total. The van der Waals surface area contributed by atoms with Crippen LogP contribution in [0, 0.1) is 0 Å². The van der Waals surface area contributed by atoms with Gasteiger partial charge in [0.1, 0.15) is 5.75 Å². The van der Waals surface area contributed by atoms with Gasteiger partial charge in [-0.2, -0.15) is 0 Å². The highest BCUT2D eigenvalue weighted by atomic mass is 79.9. The van der Waals surface area contributed by atoms with E-state index in [9.17, 15) is 0 Å². The Hall–Kier alpha value is -0.540. The van der Waals surface area contributed by atoms with Crippen molar-refractivity contribution in [2.75, 3.05) is 0 Å². The second-order valence-corrected chi connectivity index (χ2v) is 5.76. The molecule has 1 aromatic carbocycles. The maximum Gasteiger partial charge on any atom is 0.124 e. The molecule has 1 aliphatic carbocycles. The largest absolute Gasteiger partial charge is 0.490 e. The summed E-state index contributed by atoms with van der Waals surface area (Å²) in [6, 6.07) is 6.11. The zero-order valence-electron chi connectivity index (χ0n) is 10.3. The van der Waals surface area contributed by atoms with E-state index < -0.39 is 0 Å². The molecule has 1 saturated carbocycles. The van der Waals surface area contributed by atoms with Crippen LogP contribution in [0.3, 0.4) is 0 Å². The van der Waals surface area contributed by atoms with Gasteiger partial charge in [-0.25, -0.2) is 0 Å². The second-order valence-electron chi connectivity index (χ2n) is 4.85. The average Bonchev–Trinajstić information content (AvgIpc) is 2.32. The van der Waals surface area contributed by atoms with E-state index in [-0.39, 0.29) is 6.04 Å². The predicted octanol–water partition coefficient (Wildman–Crippen LogP) is 4.18. The monoisotopic (exact) mass is 297 g/mol. The summed E-state index contributed by atoms with van der Waals surface area (Å²) in [5, 5.41) is 0. The molecule has 17 heavy (non-hydrogen) atoms. The Bertz CT molecular complexity index is 372. The van der Waals surface area contributed by atoms with Crippen molar-refractivity contribution in [3.8, 4) is 5.75 Å². The second kappa shape index (κ2) is 5.87. The molecule has 0 aliphatic heterocycles. The third-order valence-corrected chi connectivity index (χ3v) is 3.80. The lowest BCUT2D eigenvalue weighted by molar-refractivity contribution is 0.153. The molecule has 2 rings (SSSR count). The fourth-order valence-corrected chi connectivity index (χ4v) is 2.72. The number of hydrogen-bond donors (Lipinski definition) is 1. The van der Waals surface area contributed by atoms with Gasteiger partial charge in [-0.15, -0.1) is 0 Å². The molecule has 1 fully saturated rings. The van der Waals surface area contributed by atoms with Crippen molar-refractivity contribution in [2.24, 2.45) is 5.73 Å². The lowest BCUT2D eigenvalue weighted by Gasteiger charge is -2.25. The van der Waals surface area contributed by atoms with Crippen molar-refractivity contribution in [3.63, 3.8) is 0 Å². The molecule has 1 aromatic rings. The van der Waals surface area contributed by atoms with Crippen LogP contribution >= 0.6 is 15.9 Å². The average molecular weight is 298 g/mol. The molecule has 0 radical (unpaired) electrons. The normalized spacial score (nSPS) is 19.0. The van der Waals surface area contributed by atoms with Gasteiger partial charge < -0.3 is 10.5 Å². The first-order valence-corrected chi connectivity index (χ1v) is 7.18. The van der Waals surface area contributed by atoms with E-state index in [0.717, 1.165) is 15.8 Å². The number of rotatable bonds is 3. The zero-order valence-corrected chi connectivity index (χ0v) is 11.9. The Kier molecular flexibility index (Phi) is 4.46. The first-order chi connectivity index (χ1) is 8.16. The summed E-state index contributed by atoms with van der Waals surface area (Å²) in [6.07, 6.45) is 6.65. The summed E-state index contributed by atoms with van der Waals surface area (Å²) in [4.78, 5) is 0. The summed E-state index contributed by atoms with van der Waals surface area (Å²) in [7, 11) is 0. The molecule has 0 heterocycles. The van der Waals surface area contributed by atoms with E-state index in [1.165, 1.54) is 32.1 Å². The topological polar surface area (TPSA) is 35.2 Å². The quantitative estimate of drug-likeness (QED) is 0.908. The molecule has 0 spiro atoms. The minimum absolute atomic E-state index is 0.00564. The summed E-state index contributed by atoms with van der Waals surface area (Å²) in [5.41, 5.74) is 7.08. The summed E-state index contributed by atoms with van der Waals surface area (Å²) in [5.74, 6) is 0.954. The van der Waals surface area contributed by atoms with Crippen LogP contribution in [0.5, 0.6) is 5.75 Å². The van der Waals surface area contributed by atoms with E-state index in [1.807, 2.05) is 19.1 Å². The Morgan fingerprint density at radius 1 is 1.29 bits per heavy atom. The Morgan fingerprint density at radius 2 is 2.00 bits per heavy atom. The summed E-state index contributed by atoms with van der Waals surface area (Å²) < 4.78 is 7.16. The van der Waals surface area contributed by atoms with Gasteiger partial charge in [0.2, 0.25) is 0 Å². The van der Waals surface area contributed by atoms with Crippen molar-refractivity contribution in [1.29, 1.82) is 0 Å². The van der Waals surface area contributed by atoms with Crippen LogP contribution in [0.1, 0.15) is 50.6 Å². The van der Waals surface area contributed by atoms with Crippen LogP contribution in [-0.4, -0.2) is 6.10 Å². The van der Waals surface area contributed by atoms with Gasteiger partial charge in [0.15, 0.2) is 0 Å². The van der Waals surface area contributed by atoms with E-state index in [2.05, 4.69) is 22.0 Å². The standard InChI is InChI=1S/C14H20BrNO/c1-10(16)13-9-11(15)7-8-14(13)17-12-5-3-2-4-6-12/h7-10,12H,2-6,16H2,1H3. The number of benzene rings is 1. The smallest absolute Gasteiger partial charge is 0.124 e. The molecule has 1 aliphatic rings. The lowest BCUT2D eigenvalue weighted by atomic mass is 9.97. The lowest BCUT2D eigenvalue weighted by Crippen LogP contribution is -2.21. The molecule has 1 atom stereocenters. The predicted molar refractivity (Wildman–Crippen MR) is 74.2 cm³/mol. The molecule has 0 saturated heterocycles. The van der Waals surface area contributed by atoms with Crippen LogP contribution in [0.15, 0.2) is 22.7 Å². The molecule has 94 valence electrons. The minimum atomic E-state index is 0.00564. The zero-order chi connectivity index (χ0) is 12.3. The van der Waals surface area contributed by atoms with Crippen LogP contribution in [0.2, 0.25) is 0 Å². The third kappa shape index (κ3) is 3.46. The molecule has 0 bridgehead atoms. The van der Waals surface area contributed by atoms with E-state index >= 15 is 0 Å². The fraction of sp³-hybridized carbons (Fsp3) is 0.571. The van der Waals surface area contributed by atoms with Crippen molar-refractivity contribution < 1.29 is 4.74 Å². The molecule has 0 aromatic heterocycles. The number of hydrogen-bond acceptors (Lipinski definition) is 2. The molecular weight excluding hydrogens is 278 g/mol. The Balaban J connectivity index is 2.13. The van der Waals surface area contributed by atoms with Crippen LogP contribution in [-0.2, 0) is 0 Å².